The van der Waals surface area contributed by atoms with E-state index in [1.54, 1.807) is 7.11 Å². The van der Waals surface area contributed by atoms with Crippen LogP contribution in [0.5, 0.6) is 5.75 Å². The third kappa shape index (κ3) is 3.88. The van der Waals surface area contributed by atoms with Gasteiger partial charge in [-0.05, 0) is 70.2 Å². The van der Waals surface area contributed by atoms with E-state index >= 15 is 0 Å². The fourth-order valence-electron chi connectivity index (χ4n) is 3.46. The number of ether oxygens (including phenoxy) is 1. The molecule has 2 heterocycles. The summed E-state index contributed by atoms with van der Waals surface area (Å²) in [6.45, 7) is 5.83. The van der Waals surface area contributed by atoms with E-state index in [0.717, 1.165) is 31.8 Å². The van der Waals surface area contributed by atoms with Crippen molar-refractivity contribution in [3.8, 4) is 5.75 Å². The second-order valence-corrected chi connectivity index (χ2v) is 6.83. The maximum Gasteiger partial charge on any atom is 0.119 e. The standard InChI is InChI=1S/C19H29N3O/c1-20(2)11-8-16-15-22(13-12-21-9-4-5-10-21)19-7-6-17(23-3)14-18(16)19/h6-7,14-15H,4-5,8-13H2,1-3H3. The zero-order valence-corrected chi connectivity index (χ0v) is 14.7. The minimum Gasteiger partial charge on any atom is -0.497 e. The number of nitrogens with zero attached hydrogens (tertiary/aromatic N) is 3. The molecule has 0 radical (unpaired) electrons. The molecule has 2 aromatic rings. The quantitative estimate of drug-likeness (QED) is 0.784. The second-order valence-electron chi connectivity index (χ2n) is 6.83. The van der Waals surface area contributed by atoms with Crippen LogP contribution in [0.4, 0.5) is 0 Å². The van der Waals surface area contributed by atoms with E-state index in [-0.39, 0.29) is 0 Å². The lowest BCUT2D eigenvalue weighted by molar-refractivity contribution is 0.324. The maximum absolute atomic E-state index is 5.43. The van der Waals surface area contributed by atoms with Gasteiger partial charge in [0.05, 0.1) is 7.11 Å². The van der Waals surface area contributed by atoms with Crippen LogP contribution in [-0.4, -0.2) is 61.8 Å². The van der Waals surface area contributed by atoms with Gasteiger partial charge in [0.15, 0.2) is 0 Å². The van der Waals surface area contributed by atoms with E-state index in [0.29, 0.717) is 0 Å². The summed E-state index contributed by atoms with van der Waals surface area (Å²) in [5, 5.41) is 1.34. The number of rotatable bonds is 7. The minimum absolute atomic E-state index is 0.945. The monoisotopic (exact) mass is 315 g/mol. The Morgan fingerprint density at radius 1 is 1.13 bits per heavy atom. The molecule has 1 aromatic carbocycles. The molecule has 0 spiro atoms. The average Bonchev–Trinajstić information content (AvgIpc) is 3.18. The number of likely N-dealkylation sites (N-methyl/N-ethyl adjacent to an activating group) is 1. The van der Waals surface area contributed by atoms with Crippen LogP contribution in [-0.2, 0) is 13.0 Å². The van der Waals surface area contributed by atoms with Gasteiger partial charge < -0.3 is 19.1 Å². The fraction of sp³-hybridized carbons (Fsp3) is 0.579. The average molecular weight is 315 g/mol. The zero-order valence-electron chi connectivity index (χ0n) is 14.7. The van der Waals surface area contributed by atoms with Crippen molar-refractivity contribution in [1.82, 2.24) is 14.4 Å². The molecule has 0 saturated carbocycles. The zero-order chi connectivity index (χ0) is 16.2. The second kappa shape index (κ2) is 7.37. The molecule has 4 nitrogen and oxygen atoms in total. The molecule has 0 N–H and O–H groups in total. The van der Waals surface area contributed by atoms with Crippen molar-refractivity contribution in [2.45, 2.75) is 25.8 Å². The van der Waals surface area contributed by atoms with E-state index in [9.17, 15) is 0 Å². The molecule has 0 amide bonds. The molecule has 3 rings (SSSR count). The topological polar surface area (TPSA) is 20.6 Å². The predicted molar refractivity (Wildman–Crippen MR) is 96.4 cm³/mol. The lowest BCUT2D eigenvalue weighted by Gasteiger charge is -2.15. The van der Waals surface area contributed by atoms with Gasteiger partial charge in [-0.25, -0.2) is 0 Å². The summed E-state index contributed by atoms with van der Waals surface area (Å²) in [5.41, 5.74) is 2.76. The van der Waals surface area contributed by atoms with E-state index in [1.165, 1.54) is 42.4 Å². The third-order valence-corrected chi connectivity index (χ3v) is 4.85. The largest absolute Gasteiger partial charge is 0.497 e. The van der Waals surface area contributed by atoms with Crippen LogP contribution in [0.2, 0.25) is 0 Å². The van der Waals surface area contributed by atoms with Gasteiger partial charge in [-0.1, -0.05) is 0 Å². The molecule has 23 heavy (non-hydrogen) atoms. The number of likely N-dealkylation sites (tertiary alicyclic amines) is 1. The number of hydrogen-bond acceptors (Lipinski definition) is 3. The van der Waals surface area contributed by atoms with E-state index in [4.69, 9.17) is 4.74 Å². The van der Waals surface area contributed by atoms with Crippen LogP contribution < -0.4 is 4.74 Å². The van der Waals surface area contributed by atoms with Gasteiger partial charge >= 0.3 is 0 Å². The molecule has 0 aliphatic carbocycles. The first-order valence-corrected chi connectivity index (χ1v) is 8.70. The number of aromatic nitrogens is 1. The molecule has 0 atom stereocenters. The highest BCUT2D eigenvalue weighted by molar-refractivity contribution is 5.85. The number of hydrogen-bond donors (Lipinski definition) is 0. The van der Waals surface area contributed by atoms with Gasteiger partial charge in [-0.2, -0.15) is 0 Å². The molecule has 0 unspecified atom stereocenters. The van der Waals surface area contributed by atoms with Gasteiger partial charge in [0.25, 0.3) is 0 Å². The van der Waals surface area contributed by atoms with Crippen LogP contribution in [0.1, 0.15) is 18.4 Å². The van der Waals surface area contributed by atoms with Gasteiger partial charge in [0.1, 0.15) is 5.75 Å². The van der Waals surface area contributed by atoms with Gasteiger partial charge in [-0.15, -0.1) is 0 Å². The highest BCUT2D eigenvalue weighted by Crippen LogP contribution is 2.26. The van der Waals surface area contributed by atoms with Crippen LogP contribution in [0.15, 0.2) is 24.4 Å². The summed E-state index contributed by atoms with van der Waals surface area (Å²) in [7, 11) is 6.01. The van der Waals surface area contributed by atoms with Crippen LogP contribution >= 0.6 is 0 Å². The SMILES string of the molecule is COc1ccc2c(c1)c(CCN(C)C)cn2CCN1CCCC1. The van der Waals surface area contributed by atoms with Gasteiger partial charge in [-0.3, -0.25) is 0 Å². The molecular weight excluding hydrogens is 286 g/mol. The molecule has 1 aromatic heterocycles. The summed E-state index contributed by atoms with van der Waals surface area (Å²) >= 11 is 0. The maximum atomic E-state index is 5.43. The van der Waals surface area contributed by atoms with Crippen molar-refractivity contribution in [3.05, 3.63) is 30.0 Å². The fourth-order valence-corrected chi connectivity index (χ4v) is 3.46. The van der Waals surface area contributed by atoms with Gasteiger partial charge in [0.2, 0.25) is 0 Å². The van der Waals surface area contributed by atoms with Crippen molar-refractivity contribution in [2.24, 2.45) is 0 Å². The Morgan fingerprint density at radius 3 is 2.61 bits per heavy atom. The number of fused-ring (bicyclic) bond motifs is 1. The predicted octanol–water partition coefficient (Wildman–Crippen LogP) is 2.85. The summed E-state index contributed by atoms with van der Waals surface area (Å²) in [6, 6.07) is 6.47. The highest BCUT2D eigenvalue weighted by atomic mass is 16.5. The Kier molecular flexibility index (Phi) is 5.23. The van der Waals surface area contributed by atoms with Crippen molar-refractivity contribution in [2.75, 3.05) is 47.4 Å². The summed E-state index contributed by atoms with van der Waals surface area (Å²) in [5.74, 6) is 0.945. The van der Waals surface area contributed by atoms with Crippen molar-refractivity contribution in [1.29, 1.82) is 0 Å². The molecule has 1 saturated heterocycles. The minimum atomic E-state index is 0.945. The van der Waals surface area contributed by atoms with E-state index in [1.807, 2.05) is 0 Å². The molecule has 1 aliphatic rings. The summed E-state index contributed by atoms with van der Waals surface area (Å²) in [6.07, 6.45) is 6.15. The molecular formula is C19H29N3O. The summed E-state index contributed by atoms with van der Waals surface area (Å²) < 4.78 is 7.85. The molecule has 0 bridgehead atoms. The smallest absolute Gasteiger partial charge is 0.119 e. The first kappa shape index (κ1) is 16.3. The lowest BCUT2D eigenvalue weighted by atomic mass is 10.1. The van der Waals surface area contributed by atoms with Crippen LogP contribution in [0, 0.1) is 0 Å². The van der Waals surface area contributed by atoms with Gasteiger partial charge in [0, 0.05) is 36.7 Å². The molecule has 1 fully saturated rings. The molecule has 4 heteroatoms. The highest BCUT2D eigenvalue weighted by Gasteiger charge is 2.14. The van der Waals surface area contributed by atoms with Crippen molar-refractivity contribution >= 4 is 10.9 Å². The molecule has 1 aliphatic heterocycles. The first-order valence-electron chi connectivity index (χ1n) is 8.70. The Bertz CT molecular complexity index is 641. The Morgan fingerprint density at radius 2 is 1.91 bits per heavy atom. The lowest BCUT2D eigenvalue weighted by Crippen LogP contribution is -2.23. The molecule has 126 valence electrons. The van der Waals surface area contributed by atoms with Crippen LogP contribution in [0.3, 0.4) is 0 Å². The Hall–Kier alpha value is -1.52. The van der Waals surface area contributed by atoms with E-state index < -0.39 is 0 Å². The number of methoxy groups -OCH3 is 1. The van der Waals surface area contributed by atoms with Crippen LogP contribution in [0.25, 0.3) is 10.9 Å². The third-order valence-electron chi connectivity index (χ3n) is 4.85. The summed E-state index contributed by atoms with van der Waals surface area (Å²) in [4.78, 5) is 4.82. The first-order chi connectivity index (χ1) is 11.2. The van der Waals surface area contributed by atoms with Crippen molar-refractivity contribution in [3.63, 3.8) is 0 Å². The number of benzene rings is 1. The normalized spacial score (nSPS) is 15.8. The van der Waals surface area contributed by atoms with E-state index in [2.05, 4.69) is 52.9 Å². The Labute approximate surface area is 139 Å². The van der Waals surface area contributed by atoms with Crippen molar-refractivity contribution < 1.29 is 4.74 Å². The Balaban J connectivity index is 1.83.